The Balaban J connectivity index is 2.45. The van der Waals surface area contributed by atoms with Crippen LogP contribution in [-0.4, -0.2) is 24.9 Å². The number of rotatable bonds is 1. The van der Waals surface area contributed by atoms with Crippen molar-refractivity contribution >= 4 is 11.7 Å². The summed E-state index contributed by atoms with van der Waals surface area (Å²) in [6.45, 7) is 8.33. The average Bonchev–Trinajstić information content (AvgIpc) is 2.69. The zero-order valence-corrected chi connectivity index (χ0v) is 11.2. The summed E-state index contributed by atoms with van der Waals surface area (Å²) in [5, 5.41) is 4.18. The van der Waals surface area contributed by atoms with Gasteiger partial charge in [0.05, 0.1) is 12.8 Å². The summed E-state index contributed by atoms with van der Waals surface area (Å²) in [4.78, 5) is 17.7. The number of oxime groups is 1. The molecule has 1 aliphatic heterocycles. The molecule has 0 radical (unpaired) electrons. The lowest BCUT2D eigenvalue weighted by Crippen LogP contribution is -2.47. The topological polar surface area (TPSA) is 47.9 Å². The minimum absolute atomic E-state index is 0.140. The summed E-state index contributed by atoms with van der Waals surface area (Å²) >= 11 is 0. The highest BCUT2D eigenvalue weighted by molar-refractivity contribution is 6.10. The van der Waals surface area contributed by atoms with Gasteiger partial charge in [-0.1, -0.05) is 32.9 Å². The van der Waals surface area contributed by atoms with Crippen molar-refractivity contribution in [1.29, 1.82) is 0 Å². The van der Waals surface area contributed by atoms with Gasteiger partial charge in [0.15, 0.2) is 0 Å². The number of nitrogens with zero attached hydrogens (tertiary/aromatic N) is 1. The number of carbonyl (C=O) groups is 1. The normalized spacial score (nSPS) is 36.2. The molecule has 0 amide bonds. The quantitative estimate of drug-likeness (QED) is 0.660. The maximum Gasteiger partial charge on any atom is 0.321 e. The summed E-state index contributed by atoms with van der Waals surface area (Å²) in [5.74, 6) is 0.268. The minimum atomic E-state index is -0.646. The van der Waals surface area contributed by atoms with Crippen LogP contribution < -0.4 is 0 Å². The number of methoxy groups -OCH3 is 1. The summed E-state index contributed by atoms with van der Waals surface area (Å²) in [6.07, 6.45) is 1.51. The summed E-state index contributed by atoms with van der Waals surface area (Å²) in [5.41, 5.74) is 0.0191. The number of esters is 1. The third-order valence-corrected chi connectivity index (χ3v) is 3.79. The van der Waals surface area contributed by atoms with Crippen molar-refractivity contribution in [2.24, 2.45) is 21.9 Å². The van der Waals surface area contributed by atoms with E-state index in [0.29, 0.717) is 5.92 Å². The summed E-state index contributed by atoms with van der Waals surface area (Å²) in [6, 6.07) is 0. The van der Waals surface area contributed by atoms with Crippen molar-refractivity contribution in [3.8, 4) is 0 Å². The molecular weight excluding hydrogens is 218 g/mol. The van der Waals surface area contributed by atoms with Crippen molar-refractivity contribution in [1.82, 2.24) is 0 Å². The number of ether oxygens (including phenoxy) is 1. The van der Waals surface area contributed by atoms with Crippen molar-refractivity contribution in [2.45, 2.75) is 46.6 Å². The highest BCUT2D eigenvalue weighted by atomic mass is 16.6. The zero-order chi connectivity index (χ0) is 12.8. The van der Waals surface area contributed by atoms with Gasteiger partial charge in [-0.25, -0.2) is 0 Å². The molecule has 96 valence electrons. The molecule has 17 heavy (non-hydrogen) atoms. The van der Waals surface area contributed by atoms with Crippen molar-refractivity contribution in [2.75, 3.05) is 7.11 Å². The fourth-order valence-electron chi connectivity index (χ4n) is 3.21. The van der Waals surface area contributed by atoms with Crippen molar-refractivity contribution < 1.29 is 14.4 Å². The lowest BCUT2D eigenvalue weighted by molar-refractivity contribution is -0.152. The molecule has 1 fully saturated rings. The molecular formula is C13H21NO3. The molecule has 4 nitrogen and oxygen atoms in total. The second-order valence-corrected chi connectivity index (χ2v) is 6.29. The van der Waals surface area contributed by atoms with Gasteiger partial charge in [0.2, 0.25) is 0 Å². The van der Waals surface area contributed by atoms with Gasteiger partial charge >= 0.3 is 5.97 Å². The van der Waals surface area contributed by atoms with E-state index >= 15 is 0 Å². The highest BCUT2D eigenvalue weighted by Gasteiger charge is 2.63. The number of hydrogen-bond acceptors (Lipinski definition) is 4. The third kappa shape index (κ3) is 1.65. The van der Waals surface area contributed by atoms with Gasteiger partial charge in [-0.2, -0.15) is 0 Å². The molecule has 1 saturated carbocycles. The molecule has 0 saturated heterocycles. The molecule has 1 aliphatic carbocycles. The van der Waals surface area contributed by atoms with E-state index in [1.807, 2.05) is 0 Å². The second-order valence-electron chi connectivity index (χ2n) is 6.29. The molecule has 0 aromatic heterocycles. The maximum atomic E-state index is 12.2. The van der Waals surface area contributed by atoms with E-state index in [2.05, 4.69) is 32.9 Å². The first-order chi connectivity index (χ1) is 7.82. The van der Waals surface area contributed by atoms with Gasteiger partial charge < -0.3 is 9.57 Å². The Bertz CT molecular complexity index is 369. The molecule has 1 heterocycles. The summed E-state index contributed by atoms with van der Waals surface area (Å²) < 4.78 is 5.01. The van der Waals surface area contributed by atoms with Gasteiger partial charge in [-0.15, -0.1) is 0 Å². The van der Waals surface area contributed by atoms with E-state index in [9.17, 15) is 4.79 Å². The number of carbonyl (C=O) groups excluding carboxylic acids is 1. The molecule has 0 aromatic carbocycles. The van der Waals surface area contributed by atoms with Crippen LogP contribution in [0.15, 0.2) is 5.16 Å². The lowest BCUT2D eigenvalue weighted by Gasteiger charge is -2.31. The molecule has 0 aromatic rings. The largest absolute Gasteiger partial charge is 0.468 e. The van der Waals surface area contributed by atoms with E-state index in [1.54, 1.807) is 0 Å². The summed E-state index contributed by atoms with van der Waals surface area (Å²) in [7, 11) is 1.44. The maximum absolute atomic E-state index is 12.2. The highest BCUT2D eigenvalue weighted by Crippen LogP contribution is 2.52. The molecule has 0 N–H and O–H groups in total. The van der Waals surface area contributed by atoms with E-state index in [0.717, 1.165) is 18.6 Å². The Morgan fingerprint density at radius 3 is 2.71 bits per heavy atom. The van der Waals surface area contributed by atoms with Crippen LogP contribution in [-0.2, 0) is 14.4 Å². The van der Waals surface area contributed by atoms with Crippen LogP contribution in [0.2, 0.25) is 0 Å². The SMILES string of the molecule is COC(=O)C12CC(C)CC1ON=C2C(C)(C)C. The third-order valence-electron chi connectivity index (χ3n) is 3.79. The van der Waals surface area contributed by atoms with Crippen LogP contribution in [0.4, 0.5) is 0 Å². The van der Waals surface area contributed by atoms with Crippen molar-refractivity contribution in [3.63, 3.8) is 0 Å². The van der Waals surface area contributed by atoms with E-state index in [1.165, 1.54) is 7.11 Å². The fraction of sp³-hybridized carbons (Fsp3) is 0.846. The van der Waals surface area contributed by atoms with Gasteiger partial charge in [0.1, 0.15) is 11.5 Å². The van der Waals surface area contributed by atoms with Gasteiger partial charge in [-0.05, 0) is 18.8 Å². The van der Waals surface area contributed by atoms with Crippen LogP contribution in [0.5, 0.6) is 0 Å². The number of fused-ring (bicyclic) bond motifs is 1. The van der Waals surface area contributed by atoms with Crippen molar-refractivity contribution in [3.05, 3.63) is 0 Å². The first-order valence-electron chi connectivity index (χ1n) is 6.15. The molecule has 0 spiro atoms. The molecule has 3 unspecified atom stereocenters. The first-order valence-corrected chi connectivity index (χ1v) is 6.15. The predicted octanol–water partition coefficient (Wildman–Crippen LogP) is 2.38. The van der Waals surface area contributed by atoms with E-state index < -0.39 is 5.41 Å². The monoisotopic (exact) mass is 239 g/mol. The smallest absolute Gasteiger partial charge is 0.321 e. The van der Waals surface area contributed by atoms with Crippen LogP contribution in [0, 0.1) is 16.7 Å². The lowest BCUT2D eigenvalue weighted by atomic mass is 9.69. The Labute approximate surface area is 102 Å². The Kier molecular flexibility index (Phi) is 2.71. The standard InChI is InChI=1S/C13H21NO3/c1-8-6-9-13(7-8,11(15)16-5)10(14-17-9)12(2,3)4/h8-9H,6-7H2,1-5H3. The fourth-order valence-corrected chi connectivity index (χ4v) is 3.21. The van der Waals surface area contributed by atoms with Gasteiger partial charge in [0.25, 0.3) is 0 Å². The van der Waals surface area contributed by atoms with Crippen LogP contribution in [0.1, 0.15) is 40.5 Å². The van der Waals surface area contributed by atoms with Gasteiger partial charge in [0, 0.05) is 5.41 Å². The Morgan fingerprint density at radius 1 is 1.53 bits per heavy atom. The van der Waals surface area contributed by atoms with Crippen LogP contribution in [0.3, 0.4) is 0 Å². The molecule has 2 aliphatic rings. The predicted molar refractivity (Wildman–Crippen MR) is 64.6 cm³/mol. The minimum Gasteiger partial charge on any atom is -0.468 e. The Hall–Kier alpha value is -1.06. The molecule has 3 atom stereocenters. The Morgan fingerprint density at radius 2 is 2.18 bits per heavy atom. The second kappa shape index (κ2) is 3.72. The van der Waals surface area contributed by atoms with Gasteiger partial charge in [-0.3, -0.25) is 4.79 Å². The van der Waals surface area contributed by atoms with Crippen LogP contribution in [0.25, 0.3) is 0 Å². The van der Waals surface area contributed by atoms with E-state index in [4.69, 9.17) is 9.57 Å². The number of hydrogen-bond donors (Lipinski definition) is 0. The molecule has 0 bridgehead atoms. The molecule has 4 heteroatoms. The molecule has 2 rings (SSSR count). The van der Waals surface area contributed by atoms with E-state index in [-0.39, 0.29) is 17.5 Å². The average molecular weight is 239 g/mol. The zero-order valence-electron chi connectivity index (χ0n) is 11.2. The van der Waals surface area contributed by atoms with Crippen LogP contribution >= 0.6 is 0 Å². The first kappa shape index (κ1) is 12.4.